The van der Waals surface area contributed by atoms with Crippen LogP contribution in [0, 0.1) is 0 Å². The first kappa shape index (κ1) is 20.7. The molecule has 5 heteroatoms. The van der Waals surface area contributed by atoms with E-state index in [2.05, 4.69) is 11.4 Å². The Kier molecular flexibility index (Phi) is 6.32. The second kappa shape index (κ2) is 9.47. The average Bonchev–Trinajstić information content (AvgIpc) is 2.80. The van der Waals surface area contributed by atoms with E-state index >= 15 is 0 Å². The highest BCUT2D eigenvalue weighted by atomic mass is 16.5. The van der Waals surface area contributed by atoms with Crippen molar-refractivity contribution in [1.29, 1.82) is 0 Å². The zero-order chi connectivity index (χ0) is 21.6. The lowest BCUT2D eigenvalue weighted by Crippen LogP contribution is -2.39. The van der Waals surface area contributed by atoms with Crippen LogP contribution in [0.3, 0.4) is 0 Å². The van der Waals surface area contributed by atoms with E-state index in [0.717, 1.165) is 24.8 Å². The maximum atomic E-state index is 12.7. The molecule has 158 valence electrons. The van der Waals surface area contributed by atoms with Crippen LogP contribution in [0.15, 0.2) is 78.9 Å². The van der Waals surface area contributed by atoms with Crippen LogP contribution >= 0.6 is 0 Å². The van der Waals surface area contributed by atoms with Crippen molar-refractivity contribution >= 4 is 11.9 Å². The topological polar surface area (TPSA) is 64.6 Å². The van der Waals surface area contributed by atoms with Gasteiger partial charge in [-0.3, -0.25) is 4.79 Å². The van der Waals surface area contributed by atoms with Crippen LogP contribution in [0.5, 0.6) is 11.5 Å². The maximum Gasteiger partial charge on any atom is 0.339 e. The van der Waals surface area contributed by atoms with Gasteiger partial charge in [0, 0.05) is 0 Å². The Morgan fingerprint density at radius 1 is 0.935 bits per heavy atom. The number of hydrogen-bond donors (Lipinski definition) is 1. The van der Waals surface area contributed by atoms with Crippen molar-refractivity contribution in [2.75, 3.05) is 0 Å². The predicted octanol–water partition coefficient (Wildman–Crippen LogP) is 5.22. The highest BCUT2D eigenvalue weighted by Crippen LogP contribution is 2.29. The quantitative estimate of drug-likeness (QED) is 0.561. The summed E-state index contributed by atoms with van der Waals surface area (Å²) in [7, 11) is 0. The SMILES string of the molecule is C[C@@H](OC(=O)c1cccc(Oc2ccccc2)c1)C(=O)N[C@H]1CCCc2ccccc21. The third-order valence-electron chi connectivity index (χ3n) is 5.39. The summed E-state index contributed by atoms with van der Waals surface area (Å²) < 4.78 is 11.2. The second-order valence-electron chi connectivity index (χ2n) is 7.64. The van der Waals surface area contributed by atoms with Crippen LogP contribution in [0.4, 0.5) is 0 Å². The first-order chi connectivity index (χ1) is 15.1. The summed E-state index contributed by atoms with van der Waals surface area (Å²) in [4.78, 5) is 25.3. The molecule has 5 nitrogen and oxygen atoms in total. The minimum Gasteiger partial charge on any atom is -0.457 e. The number of benzene rings is 3. The van der Waals surface area contributed by atoms with Crippen molar-refractivity contribution in [3.05, 3.63) is 95.6 Å². The molecule has 0 heterocycles. The molecule has 1 N–H and O–H groups in total. The first-order valence-electron chi connectivity index (χ1n) is 10.5. The molecule has 0 saturated carbocycles. The number of carbonyl (C=O) groups excluding carboxylic acids is 2. The van der Waals surface area contributed by atoms with Gasteiger partial charge >= 0.3 is 5.97 Å². The van der Waals surface area contributed by atoms with Gasteiger partial charge in [0.2, 0.25) is 0 Å². The standard InChI is InChI=1S/C26H25NO4/c1-18(25(28)27-24-16-8-10-19-9-5-6-15-23(19)24)30-26(29)20-11-7-14-22(17-20)31-21-12-3-2-4-13-21/h2-7,9,11-15,17-18,24H,8,10,16H2,1H3,(H,27,28)/t18-,24+/m1/s1. The van der Waals surface area contributed by atoms with Gasteiger partial charge in [0.25, 0.3) is 5.91 Å². The van der Waals surface area contributed by atoms with Gasteiger partial charge in [-0.05, 0) is 67.6 Å². The van der Waals surface area contributed by atoms with E-state index in [1.165, 1.54) is 5.56 Å². The molecule has 1 aliphatic carbocycles. The molecule has 1 aliphatic rings. The van der Waals surface area contributed by atoms with E-state index in [0.29, 0.717) is 17.1 Å². The monoisotopic (exact) mass is 415 g/mol. The van der Waals surface area contributed by atoms with E-state index in [4.69, 9.17) is 9.47 Å². The number of hydrogen-bond acceptors (Lipinski definition) is 4. The van der Waals surface area contributed by atoms with E-state index < -0.39 is 12.1 Å². The molecule has 4 rings (SSSR count). The lowest BCUT2D eigenvalue weighted by Gasteiger charge is -2.27. The van der Waals surface area contributed by atoms with Gasteiger partial charge in [0.1, 0.15) is 11.5 Å². The summed E-state index contributed by atoms with van der Waals surface area (Å²) in [5.74, 6) is 0.335. The van der Waals surface area contributed by atoms with Crippen LogP contribution in [-0.4, -0.2) is 18.0 Å². The molecule has 0 aromatic heterocycles. The molecule has 31 heavy (non-hydrogen) atoms. The molecule has 0 bridgehead atoms. The fourth-order valence-electron chi connectivity index (χ4n) is 3.79. The summed E-state index contributed by atoms with van der Waals surface area (Å²) in [6.45, 7) is 1.59. The van der Waals surface area contributed by atoms with Crippen molar-refractivity contribution in [1.82, 2.24) is 5.32 Å². The van der Waals surface area contributed by atoms with Crippen LogP contribution in [0.1, 0.15) is 47.3 Å². The highest BCUT2D eigenvalue weighted by Gasteiger charge is 2.25. The van der Waals surface area contributed by atoms with Crippen molar-refractivity contribution in [3.63, 3.8) is 0 Å². The molecule has 0 radical (unpaired) electrons. The molecule has 0 unspecified atom stereocenters. The van der Waals surface area contributed by atoms with Gasteiger partial charge in [0.05, 0.1) is 11.6 Å². The number of aryl methyl sites for hydroxylation is 1. The largest absolute Gasteiger partial charge is 0.457 e. The summed E-state index contributed by atoms with van der Waals surface area (Å²) in [5, 5.41) is 3.03. The number of nitrogens with one attached hydrogen (secondary N) is 1. The highest BCUT2D eigenvalue weighted by molar-refractivity contribution is 5.92. The number of para-hydroxylation sites is 1. The maximum absolute atomic E-state index is 12.7. The first-order valence-corrected chi connectivity index (χ1v) is 10.5. The Labute approximate surface area is 182 Å². The Morgan fingerprint density at radius 2 is 1.68 bits per heavy atom. The van der Waals surface area contributed by atoms with Crippen LogP contribution < -0.4 is 10.1 Å². The van der Waals surface area contributed by atoms with Crippen molar-refractivity contribution in [2.24, 2.45) is 0 Å². The summed E-state index contributed by atoms with van der Waals surface area (Å²) >= 11 is 0. The van der Waals surface area contributed by atoms with Gasteiger partial charge in [-0.1, -0.05) is 48.5 Å². The molecular formula is C26H25NO4. The predicted molar refractivity (Wildman–Crippen MR) is 118 cm³/mol. The molecule has 0 fully saturated rings. The van der Waals surface area contributed by atoms with Gasteiger partial charge in [0.15, 0.2) is 6.10 Å². The van der Waals surface area contributed by atoms with Crippen LogP contribution in [0.25, 0.3) is 0 Å². The lowest BCUT2D eigenvalue weighted by molar-refractivity contribution is -0.130. The second-order valence-corrected chi connectivity index (χ2v) is 7.64. The summed E-state index contributed by atoms with van der Waals surface area (Å²) in [6.07, 6.45) is 2.02. The molecule has 0 spiro atoms. The molecule has 3 aromatic carbocycles. The molecule has 2 atom stereocenters. The van der Waals surface area contributed by atoms with E-state index in [1.807, 2.05) is 48.5 Å². The minimum absolute atomic E-state index is 0.0544. The number of ether oxygens (including phenoxy) is 2. The van der Waals surface area contributed by atoms with Crippen molar-refractivity contribution < 1.29 is 19.1 Å². The average molecular weight is 415 g/mol. The van der Waals surface area contributed by atoms with Gasteiger partial charge in [-0.2, -0.15) is 0 Å². The van der Waals surface area contributed by atoms with Gasteiger partial charge < -0.3 is 14.8 Å². The normalized spacial score (nSPS) is 16.0. The fourth-order valence-corrected chi connectivity index (χ4v) is 3.79. The zero-order valence-electron chi connectivity index (χ0n) is 17.4. The van der Waals surface area contributed by atoms with E-state index in [1.54, 1.807) is 31.2 Å². The summed E-state index contributed by atoms with van der Waals surface area (Å²) in [6, 6.07) is 24.1. The van der Waals surface area contributed by atoms with Crippen molar-refractivity contribution in [3.8, 4) is 11.5 Å². The summed E-state index contributed by atoms with van der Waals surface area (Å²) in [5.41, 5.74) is 2.74. The van der Waals surface area contributed by atoms with Gasteiger partial charge in [-0.15, -0.1) is 0 Å². The molecular weight excluding hydrogens is 390 g/mol. The number of fused-ring (bicyclic) bond motifs is 1. The van der Waals surface area contributed by atoms with E-state index in [-0.39, 0.29) is 11.9 Å². The Hall–Kier alpha value is -3.60. The Morgan fingerprint density at radius 3 is 2.52 bits per heavy atom. The number of esters is 1. The third kappa shape index (κ3) is 5.12. The zero-order valence-corrected chi connectivity index (χ0v) is 17.4. The molecule has 0 saturated heterocycles. The fraction of sp³-hybridized carbons (Fsp3) is 0.231. The van der Waals surface area contributed by atoms with Crippen LogP contribution in [0.2, 0.25) is 0 Å². The lowest BCUT2D eigenvalue weighted by atomic mass is 9.87. The minimum atomic E-state index is -0.903. The Balaban J connectivity index is 1.37. The smallest absolute Gasteiger partial charge is 0.339 e. The van der Waals surface area contributed by atoms with Crippen molar-refractivity contribution in [2.45, 2.75) is 38.3 Å². The third-order valence-corrected chi connectivity index (χ3v) is 5.39. The van der Waals surface area contributed by atoms with E-state index in [9.17, 15) is 9.59 Å². The molecule has 3 aromatic rings. The molecule has 1 amide bonds. The Bertz CT molecular complexity index is 1060. The number of amides is 1. The molecule has 0 aliphatic heterocycles. The van der Waals surface area contributed by atoms with Gasteiger partial charge in [-0.25, -0.2) is 4.79 Å². The number of carbonyl (C=O) groups is 2. The van der Waals surface area contributed by atoms with Crippen LogP contribution in [-0.2, 0) is 16.0 Å². The number of rotatable bonds is 6.